The van der Waals surface area contributed by atoms with Crippen LogP contribution in [0.25, 0.3) is 0 Å². The molecule has 5 nitrogen and oxygen atoms in total. The molecule has 4 N–H and O–H groups in total. The van der Waals surface area contributed by atoms with Crippen molar-refractivity contribution in [2.45, 2.75) is 31.1 Å². The summed E-state index contributed by atoms with van der Waals surface area (Å²) in [6.45, 7) is 0. The first kappa shape index (κ1) is 14.7. The number of rotatable bonds is 7. The van der Waals surface area contributed by atoms with Gasteiger partial charge in [-0.05, 0) is 30.4 Å². The van der Waals surface area contributed by atoms with Crippen LogP contribution in [0.15, 0.2) is 24.3 Å². The number of aryl methyl sites for hydroxylation is 1. The van der Waals surface area contributed by atoms with Crippen LogP contribution in [0.4, 0.5) is 0 Å². The molecule has 1 atom stereocenters. The summed E-state index contributed by atoms with van der Waals surface area (Å²) in [7, 11) is -2.38. The van der Waals surface area contributed by atoms with Gasteiger partial charge in [-0.1, -0.05) is 24.3 Å². The second kappa shape index (κ2) is 7.13. The molecule has 100 valence electrons. The molecule has 1 aromatic rings. The molecule has 1 rings (SSSR count). The zero-order chi connectivity index (χ0) is 13.5. The maximum atomic E-state index is 10.7. The Morgan fingerprint density at radius 1 is 1.17 bits per heavy atom. The van der Waals surface area contributed by atoms with Crippen LogP contribution >= 0.6 is 0 Å². The predicted octanol–water partition coefficient (Wildman–Crippen LogP) is -0.0667. The van der Waals surface area contributed by atoms with Gasteiger partial charge >= 0.3 is 0 Å². The van der Waals surface area contributed by atoms with Crippen molar-refractivity contribution in [3.8, 4) is 0 Å². The third-order valence-corrected chi connectivity index (χ3v) is 3.30. The molecule has 0 aromatic heterocycles. The number of benzene rings is 1. The van der Waals surface area contributed by atoms with E-state index in [2.05, 4.69) is 0 Å². The van der Waals surface area contributed by atoms with Gasteiger partial charge in [-0.25, -0.2) is 8.42 Å². The lowest BCUT2D eigenvalue weighted by Crippen LogP contribution is -2.36. The summed E-state index contributed by atoms with van der Waals surface area (Å²) < 4.78 is 21.1. The molecular weight excluding hydrogens is 252 g/mol. The predicted molar refractivity (Wildman–Crippen MR) is 70.6 cm³/mol. The molecule has 1 aromatic carbocycles. The van der Waals surface area contributed by atoms with Crippen molar-refractivity contribution < 1.29 is 13.2 Å². The monoisotopic (exact) mass is 270 g/mol. The molecule has 0 radical (unpaired) electrons. The molecule has 18 heavy (non-hydrogen) atoms. The molecule has 0 bridgehead atoms. The first-order chi connectivity index (χ1) is 8.49. The summed E-state index contributed by atoms with van der Waals surface area (Å²) in [6, 6.07) is 6.80. The Kier molecular flexibility index (Phi) is 5.80. The first-order valence-corrected chi connectivity index (χ1v) is 7.10. The third-order valence-electron chi connectivity index (χ3n) is 2.68. The van der Waals surface area contributed by atoms with E-state index in [1.54, 1.807) is 12.1 Å². The van der Waals surface area contributed by atoms with Gasteiger partial charge in [0, 0.05) is 0 Å². The van der Waals surface area contributed by atoms with Gasteiger partial charge in [0.05, 0.1) is 11.8 Å². The zero-order valence-corrected chi connectivity index (χ0v) is 10.9. The summed E-state index contributed by atoms with van der Waals surface area (Å²) in [5.74, 6) is -0.410. The molecule has 0 aliphatic heterocycles. The van der Waals surface area contributed by atoms with Crippen molar-refractivity contribution >= 4 is 16.6 Å². The largest absolute Gasteiger partial charge is 0.368 e. The van der Waals surface area contributed by atoms with Crippen LogP contribution in [0.1, 0.15) is 24.0 Å². The van der Waals surface area contributed by atoms with Crippen LogP contribution in [-0.4, -0.2) is 20.4 Å². The fourth-order valence-corrected chi connectivity index (χ4v) is 2.14. The number of hydrogen-bond donors (Lipinski definition) is 3. The summed E-state index contributed by atoms with van der Waals surface area (Å²) in [5.41, 5.74) is 12.5. The molecule has 0 aliphatic rings. The molecule has 0 saturated carbocycles. The number of amides is 1. The minimum absolute atomic E-state index is 0.0716. The van der Waals surface area contributed by atoms with Crippen LogP contribution in [0, 0.1) is 0 Å². The van der Waals surface area contributed by atoms with E-state index in [0.29, 0.717) is 6.42 Å². The smallest absolute Gasteiger partial charge is 0.234 e. The number of carbonyl (C=O) groups excluding carboxylic acids is 1. The number of nitrogens with two attached hydrogens (primary N) is 2. The normalized spacial score (nSPS) is 12.6. The molecule has 0 aliphatic carbocycles. The maximum absolute atomic E-state index is 10.7. The Bertz CT molecular complexity index is 461. The highest BCUT2D eigenvalue weighted by atomic mass is 32.2. The van der Waals surface area contributed by atoms with Gasteiger partial charge < -0.3 is 11.5 Å². The average molecular weight is 270 g/mol. The molecule has 0 saturated heterocycles. The minimum Gasteiger partial charge on any atom is -0.368 e. The van der Waals surface area contributed by atoms with Crippen LogP contribution < -0.4 is 11.5 Å². The van der Waals surface area contributed by atoms with Crippen LogP contribution in [0.3, 0.4) is 0 Å². The highest BCUT2D eigenvalue weighted by Crippen LogP contribution is 2.09. The number of hydrogen-bond acceptors (Lipinski definition) is 4. The molecule has 0 heterocycles. The quantitative estimate of drug-likeness (QED) is 0.603. The second-order valence-corrected chi connectivity index (χ2v) is 5.19. The Morgan fingerprint density at radius 3 is 2.22 bits per heavy atom. The van der Waals surface area contributed by atoms with Gasteiger partial charge in [-0.3, -0.25) is 4.79 Å². The van der Waals surface area contributed by atoms with E-state index in [9.17, 15) is 13.2 Å². The van der Waals surface area contributed by atoms with E-state index in [1.165, 1.54) is 0 Å². The highest BCUT2D eigenvalue weighted by Gasteiger charge is 2.08. The summed E-state index contributed by atoms with van der Waals surface area (Å²) >= 11 is 0. The van der Waals surface area contributed by atoms with Gasteiger partial charge in [0.2, 0.25) is 5.91 Å². The SMILES string of the molecule is NC(=O)[C@@H](N)CCCc1ccc(C[SH](=O)=O)cc1. The summed E-state index contributed by atoms with van der Waals surface area (Å²) in [6.07, 6.45) is 2.13. The molecule has 0 unspecified atom stereocenters. The molecule has 1 amide bonds. The van der Waals surface area contributed by atoms with E-state index >= 15 is 0 Å². The van der Waals surface area contributed by atoms with Crippen molar-refractivity contribution in [1.29, 1.82) is 0 Å². The van der Waals surface area contributed by atoms with Crippen molar-refractivity contribution in [3.63, 3.8) is 0 Å². The first-order valence-electron chi connectivity index (χ1n) is 5.73. The van der Waals surface area contributed by atoms with E-state index in [1.807, 2.05) is 12.1 Å². The van der Waals surface area contributed by atoms with Gasteiger partial charge in [0.25, 0.3) is 0 Å². The second-order valence-electron chi connectivity index (χ2n) is 4.21. The molecule has 0 fully saturated rings. The number of carbonyl (C=O) groups is 1. The molecular formula is C12H18N2O3S. The number of primary amides is 1. The number of thiol groups is 1. The highest BCUT2D eigenvalue weighted by molar-refractivity contribution is 7.71. The lowest BCUT2D eigenvalue weighted by molar-refractivity contribution is -0.119. The van der Waals surface area contributed by atoms with Crippen molar-refractivity contribution in [1.82, 2.24) is 0 Å². The molecule has 6 heteroatoms. The van der Waals surface area contributed by atoms with E-state index in [4.69, 9.17) is 11.5 Å². The van der Waals surface area contributed by atoms with E-state index in [-0.39, 0.29) is 5.75 Å². The van der Waals surface area contributed by atoms with Crippen LogP contribution in [0.5, 0.6) is 0 Å². The van der Waals surface area contributed by atoms with Crippen molar-refractivity contribution in [2.24, 2.45) is 11.5 Å². The van der Waals surface area contributed by atoms with Crippen molar-refractivity contribution in [3.05, 3.63) is 35.4 Å². The Labute approximate surface area is 108 Å². The standard InChI is InChI=1S/C12H18N2O3S/c13-11(12(14)15)3-1-2-9-4-6-10(7-5-9)8-18(16)17/h4-7,11,18H,1-3,8,13H2,(H2,14,15)/t11-/m0/s1. The van der Waals surface area contributed by atoms with Crippen molar-refractivity contribution in [2.75, 3.05) is 0 Å². The van der Waals surface area contributed by atoms with Gasteiger partial charge in [0.1, 0.15) is 10.7 Å². The van der Waals surface area contributed by atoms with E-state index < -0.39 is 22.7 Å². The fraction of sp³-hybridized carbons (Fsp3) is 0.417. The fourth-order valence-electron chi connectivity index (χ4n) is 1.63. The van der Waals surface area contributed by atoms with Crippen LogP contribution in [0.2, 0.25) is 0 Å². The zero-order valence-electron chi connectivity index (χ0n) is 10.0. The lowest BCUT2D eigenvalue weighted by Gasteiger charge is -2.07. The average Bonchev–Trinajstić information content (AvgIpc) is 2.30. The lowest BCUT2D eigenvalue weighted by atomic mass is 10.0. The van der Waals surface area contributed by atoms with Gasteiger partial charge in [-0.2, -0.15) is 0 Å². The Balaban J connectivity index is 2.42. The topological polar surface area (TPSA) is 103 Å². The minimum atomic E-state index is -2.38. The van der Waals surface area contributed by atoms with E-state index in [0.717, 1.165) is 24.0 Å². The van der Waals surface area contributed by atoms with Crippen LogP contribution in [-0.2, 0) is 27.7 Å². The molecule has 0 spiro atoms. The Hall–Kier alpha value is -1.40. The third kappa shape index (κ3) is 5.29. The Morgan fingerprint density at radius 2 is 1.72 bits per heavy atom. The van der Waals surface area contributed by atoms with Gasteiger partial charge in [0.15, 0.2) is 0 Å². The maximum Gasteiger partial charge on any atom is 0.234 e. The summed E-state index contributed by atoms with van der Waals surface area (Å²) in [4.78, 5) is 10.7. The summed E-state index contributed by atoms with van der Waals surface area (Å²) in [5, 5.41) is 0. The van der Waals surface area contributed by atoms with Gasteiger partial charge in [-0.15, -0.1) is 0 Å².